The number of nitrogens with one attached hydrogen (secondary N) is 3. The maximum absolute atomic E-state index is 12.6. The highest BCUT2D eigenvalue weighted by atomic mass is 79.9. The van der Waals surface area contributed by atoms with Crippen molar-refractivity contribution in [1.82, 2.24) is 10.6 Å². The van der Waals surface area contributed by atoms with E-state index in [2.05, 4.69) is 31.9 Å². The Kier molecular flexibility index (Phi) is 8.57. The van der Waals surface area contributed by atoms with E-state index in [1.165, 1.54) is 0 Å². The van der Waals surface area contributed by atoms with E-state index in [1.54, 1.807) is 42.5 Å². The molecule has 3 N–H and O–H groups in total. The van der Waals surface area contributed by atoms with Gasteiger partial charge in [0.2, 0.25) is 0 Å². The molecule has 0 heterocycles. The molecular formula is C25H24BrN3O3S. The third-order valence-electron chi connectivity index (χ3n) is 4.46. The summed E-state index contributed by atoms with van der Waals surface area (Å²) in [4.78, 5) is 25.1. The SMILES string of the molecule is CC(C)Oc1ccc(C(=O)NC(=S)Nc2cccc(C(=O)NCc3ccccc3)c2)cc1Br. The number of hydrogen-bond acceptors (Lipinski definition) is 4. The van der Waals surface area contributed by atoms with Gasteiger partial charge in [0.15, 0.2) is 5.11 Å². The molecule has 0 fully saturated rings. The number of rotatable bonds is 7. The predicted octanol–water partition coefficient (Wildman–Crippen LogP) is 5.29. The molecule has 0 bridgehead atoms. The van der Waals surface area contributed by atoms with Gasteiger partial charge in [-0.15, -0.1) is 0 Å². The Bertz CT molecular complexity index is 1150. The number of ether oxygens (including phenoxy) is 1. The molecule has 3 aromatic rings. The number of benzene rings is 3. The van der Waals surface area contributed by atoms with Crippen LogP contribution >= 0.6 is 28.1 Å². The van der Waals surface area contributed by atoms with Crippen LogP contribution < -0.4 is 20.7 Å². The third-order valence-corrected chi connectivity index (χ3v) is 5.29. The maximum atomic E-state index is 12.6. The van der Waals surface area contributed by atoms with Crippen molar-refractivity contribution in [3.8, 4) is 5.75 Å². The van der Waals surface area contributed by atoms with Crippen molar-refractivity contribution in [3.63, 3.8) is 0 Å². The molecule has 0 aliphatic carbocycles. The van der Waals surface area contributed by atoms with Crippen LogP contribution in [0.15, 0.2) is 77.3 Å². The van der Waals surface area contributed by atoms with Crippen LogP contribution in [0.25, 0.3) is 0 Å². The molecule has 8 heteroatoms. The lowest BCUT2D eigenvalue weighted by Gasteiger charge is -2.13. The lowest BCUT2D eigenvalue weighted by Crippen LogP contribution is -2.34. The fourth-order valence-electron chi connectivity index (χ4n) is 2.95. The predicted molar refractivity (Wildman–Crippen MR) is 138 cm³/mol. The maximum Gasteiger partial charge on any atom is 0.257 e. The summed E-state index contributed by atoms with van der Waals surface area (Å²) in [6.07, 6.45) is 0.0222. The van der Waals surface area contributed by atoms with E-state index in [0.29, 0.717) is 33.6 Å². The number of anilines is 1. The first-order valence-corrected chi connectivity index (χ1v) is 11.5. The van der Waals surface area contributed by atoms with Gasteiger partial charge < -0.3 is 15.4 Å². The zero-order valence-corrected chi connectivity index (χ0v) is 20.6. The molecule has 0 aliphatic heterocycles. The zero-order valence-electron chi connectivity index (χ0n) is 18.2. The Balaban J connectivity index is 1.57. The van der Waals surface area contributed by atoms with Crippen molar-refractivity contribution in [1.29, 1.82) is 0 Å². The van der Waals surface area contributed by atoms with Crippen LogP contribution in [0.5, 0.6) is 5.75 Å². The minimum atomic E-state index is -0.360. The van der Waals surface area contributed by atoms with Crippen molar-refractivity contribution in [2.45, 2.75) is 26.5 Å². The van der Waals surface area contributed by atoms with Gasteiger partial charge in [-0.3, -0.25) is 14.9 Å². The van der Waals surface area contributed by atoms with Gasteiger partial charge in [0.25, 0.3) is 11.8 Å². The molecule has 2 amide bonds. The van der Waals surface area contributed by atoms with E-state index in [9.17, 15) is 9.59 Å². The number of carbonyl (C=O) groups is 2. The molecule has 0 aromatic heterocycles. The summed E-state index contributed by atoms with van der Waals surface area (Å²) in [7, 11) is 0. The van der Waals surface area contributed by atoms with Crippen LogP contribution in [0.4, 0.5) is 5.69 Å². The molecule has 170 valence electrons. The lowest BCUT2D eigenvalue weighted by atomic mass is 10.1. The molecule has 3 rings (SSSR count). The number of amides is 2. The van der Waals surface area contributed by atoms with Crippen LogP contribution in [0, 0.1) is 0 Å². The highest BCUT2D eigenvalue weighted by Gasteiger charge is 2.12. The Hall–Kier alpha value is -3.23. The summed E-state index contributed by atoms with van der Waals surface area (Å²) >= 11 is 8.69. The van der Waals surface area contributed by atoms with Crippen molar-refractivity contribution >= 4 is 50.8 Å². The number of thiocarbonyl (C=S) groups is 1. The minimum absolute atomic E-state index is 0.0222. The van der Waals surface area contributed by atoms with E-state index in [0.717, 1.165) is 5.56 Å². The summed E-state index contributed by atoms with van der Waals surface area (Å²) in [5.41, 5.74) is 2.51. The summed E-state index contributed by atoms with van der Waals surface area (Å²) in [5.74, 6) is 0.0941. The Morgan fingerprint density at radius 3 is 2.36 bits per heavy atom. The molecule has 0 saturated heterocycles. The Labute approximate surface area is 206 Å². The molecule has 33 heavy (non-hydrogen) atoms. The average Bonchev–Trinajstić information content (AvgIpc) is 2.79. The smallest absolute Gasteiger partial charge is 0.257 e. The second-order valence-electron chi connectivity index (χ2n) is 7.47. The van der Waals surface area contributed by atoms with Gasteiger partial charge in [-0.05, 0) is 84.0 Å². The largest absolute Gasteiger partial charge is 0.490 e. The molecule has 6 nitrogen and oxygen atoms in total. The molecule has 0 unspecified atom stereocenters. The summed E-state index contributed by atoms with van der Waals surface area (Å²) in [5, 5.41) is 8.61. The molecule has 0 saturated carbocycles. The molecule has 0 radical (unpaired) electrons. The van der Waals surface area contributed by atoms with Crippen LogP contribution in [0.1, 0.15) is 40.1 Å². The van der Waals surface area contributed by atoms with Crippen LogP contribution in [0.2, 0.25) is 0 Å². The normalized spacial score (nSPS) is 10.4. The van der Waals surface area contributed by atoms with E-state index in [1.807, 2.05) is 44.2 Å². The van der Waals surface area contributed by atoms with Crippen LogP contribution in [-0.2, 0) is 6.54 Å². The molecule has 0 spiro atoms. The Morgan fingerprint density at radius 2 is 1.67 bits per heavy atom. The molecule has 3 aromatic carbocycles. The van der Waals surface area contributed by atoms with E-state index >= 15 is 0 Å². The first-order chi connectivity index (χ1) is 15.8. The van der Waals surface area contributed by atoms with E-state index in [-0.39, 0.29) is 23.0 Å². The lowest BCUT2D eigenvalue weighted by molar-refractivity contribution is 0.0948. The standard InChI is InChI=1S/C25H24BrN3O3S/c1-16(2)32-22-12-11-19(14-21(22)26)24(31)29-25(33)28-20-10-6-9-18(13-20)23(30)27-15-17-7-4-3-5-8-17/h3-14,16H,15H2,1-2H3,(H,27,30)(H2,28,29,31,33). The monoisotopic (exact) mass is 525 g/mol. The summed E-state index contributed by atoms with van der Waals surface area (Å²) in [6, 6.07) is 21.6. The van der Waals surface area contributed by atoms with E-state index in [4.69, 9.17) is 17.0 Å². The van der Waals surface area contributed by atoms with Crippen molar-refractivity contribution < 1.29 is 14.3 Å². The van der Waals surface area contributed by atoms with Crippen LogP contribution in [-0.4, -0.2) is 23.0 Å². The second-order valence-corrected chi connectivity index (χ2v) is 8.73. The Morgan fingerprint density at radius 1 is 0.939 bits per heavy atom. The van der Waals surface area contributed by atoms with Gasteiger partial charge in [-0.1, -0.05) is 36.4 Å². The first-order valence-electron chi connectivity index (χ1n) is 10.3. The molecular weight excluding hydrogens is 502 g/mol. The van der Waals surface area contributed by atoms with Gasteiger partial charge in [0.1, 0.15) is 5.75 Å². The minimum Gasteiger partial charge on any atom is -0.490 e. The topological polar surface area (TPSA) is 79.5 Å². The van der Waals surface area contributed by atoms with E-state index < -0.39 is 0 Å². The van der Waals surface area contributed by atoms with Gasteiger partial charge >= 0.3 is 0 Å². The quantitative estimate of drug-likeness (QED) is 0.365. The highest BCUT2D eigenvalue weighted by Crippen LogP contribution is 2.27. The number of halogens is 1. The number of carbonyl (C=O) groups excluding carboxylic acids is 2. The van der Waals surface area contributed by atoms with Gasteiger partial charge in [-0.2, -0.15) is 0 Å². The molecule has 0 atom stereocenters. The van der Waals surface area contributed by atoms with Gasteiger partial charge in [-0.25, -0.2) is 0 Å². The second kappa shape index (κ2) is 11.6. The van der Waals surface area contributed by atoms with Crippen molar-refractivity contribution in [2.75, 3.05) is 5.32 Å². The summed E-state index contributed by atoms with van der Waals surface area (Å²) in [6.45, 7) is 4.29. The van der Waals surface area contributed by atoms with Gasteiger partial charge in [0, 0.05) is 23.4 Å². The fourth-order valence-corrected chi connectivity index (χ4v) is 3.63. The number of hydrogen-bond donors (Lipinski definition) is 3. The third kappa shape index (κ3) is 7.40. The summed E-state index contributed by atoms with van der Waals surface area (Å²) < 4.78 is 6.34. The fraction of sp³-hybridized carbons (Fsp3) is 0.160. The van der Waals surface area contributed by atoms with Crippen molar-refractivity contribution in [3.05, 3.63) is 94.0 Å². The average molecular weight is 526 g/mol. The van der Waals surface area contributed by atoms with Gasteiger partial charge in [0.05, 0.1) is 10.6 Å². The van der Waals surface area contributed by atoms with Crippen LogP contribution in [0.3, 0.4) is 0 Å². The van der Waals surface area contributed by atoms with Crippen molar-refractivity contribution in [2.24, 2.45) is 0 Å². The first kappa shape index (κ1) is 24.4. The molecule has 0 aliphatic rings. The zero-order chi connectivity index (χ0) is 23.8. The highest BCUT2D eigenvalue weighted by molar-refractivity contribution is 9.10.